The highest BCUT2D eigenvalue weighted by Crippen LogP contribution is 2.39. The van der Waals surface area contributed by atoms with Gasteiger partial charge in [-0.2, -0.15) is 0 Å². The normalized spacial score (nSPS) is 20.4. The summed E-state index contributed by atoms with van der Waals surface area (Å²) in [5, 5.41) is 11.2. The highest BCUT2D eigenvalue weighted by molar-refractivity contribution is 5.88. The van der Waals surface area contributed by atoms with Crippen LogP contribution < -0.4 is 21.5 Å². The van der Waals surface area contributed by atoms with Gasteiger partial charge in [0.1, 0.15) is 5.82 Å². The van der Waals surface area contributed by atoms with Crippen molar-refractivity contribution in [1.29, 1.82) is 0 Å². The Labute approximate surface area is 264 Å². The Morgan fingerprint density at radius 1 is 0.978 bits per heavy atom. The third-order valence-electron chi connectivity index (χ3n) is 9.56. The van der Waals surface area contributed by atoms with Gasteiger partial charge in [0.15, 0.2) is 0 Å². The summed E-state index contributed by atoms with van der Waals surface area (Å²) in [5.74, 6) is -0.223. The Bertz CT molecular complexity index is 1650. The molecule has 0 bridgehead atoms. The fourth-order valence-electron chi connectivity index (χ4n) is 6.77. The summed E-state index contributed by atoms with van der Waals surface area (Å²) in [7, 11) is 2.09. The number of halogens is 1. The number of hydrogen-bond acceptors (Lipinski definition) is 7. The van der Waals surface area contributed by atoms with Gasteiger partial charge in [0, 0.05) is 67.6 Å². The molecule has 3 aromatic rings. The fourth-order valence-corrected chi connectivity index (χ4v) is 6.77. The monoisotopic (exact) mass is 611 g/mol. The minimum Gasteiger partial charge on any atom is -0.371 e. The number of anilines is 2. The molecular formula is C35H42FN7O2. The summed E-state index contributed by atoms with van der Waals surface area (Å²) >= 11 is 0. The molecule has 2 aromatic carbocycles. The molecule has 1 saturated heterocycles. The van der Waals surface area contributed by atoms with Gasteiger partial charge >= 0.3 is 0 Å². The first kappa shape index (κ1) is 30.6. The molecular weight excluding hydrogens is 569 g/mol. The molecule has 0 amide bonds. The second kappa shape index (κ2) is 12.9. The summed E-state index contributed by atoms with van der Waals surface area (Å²) in [5.41, 5.74) is 22.9. The third kappa shape index (κ3) is 6.39. The van der Waals surface area contributed by atoms with Gasteiger partial charge in [-0.25, -0.2) is 9.82 Å². The van der Waals surface area contributed by atoms with E-state index in [4.69, 9.17) is 5.73 Å². The quantitative estimate of drug-likeness (QED) is 0.215. The number of nitrogens with zero attached hydrogens (tertiary/aromatic N) is 4. The molecule has 2 heterocycles. The number of nitrogens with two attached hydrogens (primary N) is 1. The second-order valence-corrected chi connectivity index (χ2v) is 12.3. The van der Waals surface area contributed by atoms with Crippen LogP contribution >= 0.6 is 0 Å². The molecule has 1 aromatic heterocycles. The number of allylic oxidation sites excluding steroid dienone is 4. The van der Waals surface area contributed by atoms with Crippen LogP contribution in [-0.2, 0) is 7.05 Å². The fraction of sp³-hybridized carbons (Fsp3) is 0.371. The van der Waals surface area contributed by atoms with E-state index in [2.05, 4.69) is 70.4 Å². The highest BCUT2D eigenvalue weighted by atomic mass is 19.1. The Morgan fingerprint density at radius 3 is 2.36 bits per heavy atom. The van der Waals surface area contributed by atoms with Crippen molar-refractivity contribution in [2.75, 3.05) is 36.5 Å². The lowest BCUT2D eigenvalue weighted by atomic mass is 9.92. The van der Waals surface area contributed by atoms with E-state index in [0.717, 1.165) is 62.4 Å². The van der Waals surface area contributed by atoms with Gasteiger partial charge in [-0.3, -0.25) is 10.1 Å². The van der Waals surface area contributed by atoms with Crippen LogP contribution in [0.3, 0.4) is 0 Å². The maximum atomic E-state index is 13.7. The Balaban J connectivity index is 1.09. The zero-order chi connectivity index (χ0) is 31.7. The number of benzene rings is 2. The molecule has 2 unspecified atom stereocenters. The molecule has 1 aliphatic heterocycles. The first-order chi connectivity index (χ1) is 21.7. The minimum absolute atomic E-state index is 0.0753. The summed E-state index contributed by atoms with van der Waals surface area (Å²) < 4.78 is 16.0. The van der Waals surface area contributed by atoms with E-state index >= 15 is 0 Å². The van der Waals surface area contributed by atoms with Crippen molar-refractivity contribution < 1.29 is 9.31 Å². The van der Waals surface area contributed by atoms with Crippen LogP contribution in [0.5, 0.6) is 0 Å². The number of piperazine rings is 1. The second-order valence-electron chi connectivity index (χ2n) is 12.3. The van der Waals surface area contributed by atoms with Gasteiger partial charge < -0.3 is 25.5 Å². The lowest BCUT2D eigenvalue weighted by Gasteiger charge is -2.39. The molecule has 1 fully saturated rings. The lowest BCUT2D eigenvalue weighted by Crippen LogP contribution is -2.46. The number of nitrogens with one attached hydrogen (secondary N) is 2. The van der Waals surface area contributed by atoms with Crippen LogP contribution in [-0.4, -0.2) is 52.7 Å². The predicted molar refractivity (Wildman–Crippen MR) is 179 cm³/mol. The number of aromatic nitrogens is 1. The van der Waals surface area contributed by atoms with Crippen LogP contribution in [0.2, 0.25) is 0 Å². The average Bonchev–Trinajstić information content (AvgIpc) is 3.28. The van der Waals surface area contributed by atoms with Crippen molar-refractivity contribution in [1.82, 2.24) is 14.9 Å². The molecule has 9 nitrogen and oxygen atoms in total. The van der Waals surface area contributed by atoms with E-state index in [1.165, 1.54) is 45.9 Å². The summed E-state index contributed by atoms with van der Waals surface area (Å²) in [4.78, 5) is 15.8. The maximum Gasteiger partial charge on any atom is 0.260 e. The van der Waals surface area contributed by atoms with Gasteiger partial charge in [0.25, 0.3) is 5.70 Å². The average molecular weight is 612 g/mol. The number of hydrazine groups is 1. The largest absolute Gasteiger partial charge is 0.371 e. The predicted octanol–water partition coefficient (Wildman–Crippen LogP) is 5.90. The molecule has 2 aliphatic carbocycles. The smallest absolute Gasteiger partial charge is 0.260 e. The van der Waals surface area contributed by atoms with E-state index in [9.17, 15) is 14.5 Å². The molecule has 6 rings (SSSR count). The van der Waals surface area contributed by atoms with E-state index in [-0.39, 0.29) is 22.5 Å². The summed E-state index contributed by atoms with van der Waals surface area (Å²) in [6, 6.07) is 14.5. The van der Waals surface area contributed by atoms with E-state index in [1.54, 1.807) is 6.08 Å². The van der Waals surface area contributed by atoms with E-state index in [1.807, 2.05) is 24.3 Å². The minimum atomic E-state index is -0.510. The molecule has 4 N–H and O–H groups in total. The van der Waals surface area contributed by atoms with Crippen LogP contribution in [0.25, 0.3) is 16.8 Å². The van der Waals surface area contributed by atoms with Gasteiger partial charge in [-0.1, -0.05) is 6.08 Å². The van der Waals surface area contributed by atoms with Gasteiger partial charge in [0.2, 0.25) is 0 Å². The first-order valence-electron chi connectivity index (χ1n) is 15.8. The summed E-state index contributed by atoms with van der Waals surface area (Å²) in [6.07, 6.45) is 9.67. The summed E-state index contributed by atoms with van der Waals surface area (Å²) in [6.45, 7) is 8.10. The molecule has 236 valence electrons. The topological polar surface area (TPSA) is 105 Å². The highest BCUT2D eigenvalue weighted by Gasteiger charge is 2.28. The van der Waals surface area contributed by atoms with Crippen molar-refractivity contribution >= 4 is 16.9 Å². The number of nitro groups is 1. The maximum absolute atomic E-state index is 13.7. The Kier molecular flexibility index (Phi) is 8.78. The molecule has 0 radical (unpaired) electrons. The lowest BCUT2D eigenvalue weighted by molar-refractivity contribution is -0.430. The molecule has 10 heteroatoms. The van der Waals surface area contributed by atoms with Crippen molar-refractivity contribution in [2.24, 2.45) is 12.8 Å². The van der Waals surface area contributed by atoms with Gasteiger partial charge in [0.05, 0.1) is 22.7 Å². The first-order valence-corrected chi connectivity index (χ1v) is 15.8. The molecule has 3 aliphatic rings. The van der Waals surface area contributed by atoms with Crippen LogP contribution in [0.15, 0.2) is 78.2 Å². The molecule has 0 spiro atoms. The molecule has 2 atom stereocenters. The SMILES string of the molecule is Cc1c(C2=CCCC(N3CCN(c4ccc(NNC5C=C([N+](=O)[O-])C(N)CC5)cc4)CC3)=C2)c(-c2ccc(F)cc2)n(C)c1C. The number of hydrogen-bond donors (Lipinski definition) is 3. The van der Waals surface area contributed by atoms with Crippen LogP contribution in [0.4, 0.5) is 15.8 Å². The van der Waals surface area contributed by atoms with Crippen molar-refractivity contribution in [3.05, 3.63) is 111 Å². The Hall–Kier alpha value is -4.41. The van der Waals surface area contributed by atoms with E-state index in [0.29, 0.717) is 6.42 Å². The van der Waals surface area contributed by atoms with Gasteiger partial charge in [-0.05, 0) is 111 Å². The number of rotatable bonds is 8. The molecule has 0 saturated carbocycles. The zero-order valence-corrected chi connectivity index (χ0v) is 26.2. The third-order valence-corrected chi connectivity index (χ3v) is 9.56. The van der Waals surface area contributed by atoms with Crippen molar-refractivity contribution in [3.63, 3.8) is 0 Å². The van der Waals surface area contributed by atoms with Gasteiger partial charge in [-0.15, -0.1) is 0 Å². The molecule has 45 heavy (non-hydrogen) atoms. The van der Waals surface area contributed by atoms with Crippen LogP contribution in [0.1, 0.15) is 42.5 Å². The van der Waals surface area contributed by atoms with E-state index < -0.39 is 6.04 Å². The Morgan fingerprint density at radius 2 is 1.67 bits per heavy atom. The van der Waals surface area contributed by atoms with Crippen molar-refractivity contribution in [2.45, 2.75) is 51.6 Å². The van der Waals surface area contributed by atoms with Crippen LogP contribution in [0, 0.1) is 29.8 Å². The standard InChI is InChI=1S/C35H42FN7O2/c1-23-24(2)40(3)35(25-7-9-27(36)10-8-25)34(23)26-5-4-6-31(21-26)42-19-17-41(18-20-42)30-14-11-28(12-15-30)38-39-29-13-16-32(37)33(22-29)43(44)45/h5,7-12,14-15,21-22,29,32,38-39H,4,6,13,16-20,37H2,1-3H3. The zero-order valence-electron chi connectivity index (χ0n) is 26.2. The van der Waals surface area contributed by atoms with Crippen molar-refractivity contribution in [3.8, 4) is 11.3 Å².